The first kappa shape index (κ1) is 15.7. The van der Waals surface area contributed by atoms with Crippen molar-refractivity contribution in [1.29, 1.82) is 0 Å². The molecule has 2 rings (SSSR count). The fourth-order valence-corrected chi connectivity index (χ4v) is 2.93. The molecule has 1 aliphatic rings. The van der Waals surface area contributed by atoms with Gasteiger partial charge in [-0.25, -0.2) is 13.6 Å². The largest absolute Gasteiger partial charge is 0.478 e. The highest BCUT2D eigenvalue weighted by molar-refractivity contribution is 5.88. The number of rotatable bonds is 5. The monoisotopic (exact) mass is 298 g/mol. The van der Waals surface area contributed by atoms with Gasteiger partial charge in [0.25, 0.3) is 0 Å². The lowest BCUT2D eigenvalue weighted by atomic mass is 9.96. The third-order valence-corrected chi connectivity index (χ3v) is 4.37. The second-order valence-electron chi connectivity index (χ2n) is 5.80. The van der Waals surface area contributed by atoms with Gasteiger partial charge in [-0.3, -0.25) is 0 Å². The summed E-state index contributed by atoms with van der Waals surface area (Å²) in [5, 5.41) is 11.6. The van der Waals surface area contributed by atoms with Gasteiger partial charge in [0.2, 0.25) is 0 Å². The van der Waals surface area contributed by atoms with Gasteiger partial charge >= 0.3 is 5.97 Å². The molecule has 1 aromatic carbocycles. The lowest BCUT2D eigenvalue weighted by Crippen LogP contribution is -2.47. The Hall–Kier alpha value is -1.69. The summed E-state index contributed by atoms with van der Waals surface area (Å²) < 4.78 is 27.8. The number of carboxylic acid groups (broad SMARTS) is 1. The molecule has 0 aliphatic heterocycles. The molecular formula is C15H20F2N2O2. The van der Waals surface area contributed by atoms with Crippen LogP contribution in [0.2, 0.25) is 0 Å². The van der Waals surface area contributed by atoms with E-state index in [-0.39, 0.29) is 11.2 Å². The Labute approximate surface area is 122 Å². The number of carbonyl (C=O) groups is 1. The fourth-order valence-electron chi connectivity index (χ4n) is 2.93. The van der Waals surface area contributed by atoms with Crippen molar-refractivity contribution in [3.63, 3.8) is 0 Å². The van der Waals surface area contributed by atoms with E-state index in [9.17, 15) is 13.6 Å². The molecule has 21 heavy (non-hydrogen) atoms. The number of likely N-dealkylation sites (N-methyl/N-ethyl adjacent to an activating group) is 1. The SMILES string of the molecule is CN(C)C1(CNc2c(F)cc(C(=O)O)cc2F)CCCC1. The molecule has 1 fully saturated rings. The molecule has 0 radical (unpaired) electrons. The molecule has 1 saturated carbocycles. The van der Waals surface area contributed by atoms with E-state index in [4.69, 9.17) is 5.11 Å². The fraction of sp³-hybridized carbons (Fsp3) is 0.533. The number of hydrogen-bond acceptors (Lipinski definition) is 3. The highest BCUT2D eigenvalue weighted by atomic mass is 19.1. The van der Waals surface area contributed by atoms with Crippen molar-refractivity contribution >= 4 is 11.7 Å². The van der Waals surface area contributed by atoms with Crippen molar-refractivity contribution in [1.82, 2.24) is 4.90 Å². The van der Waals surface area contributed by atoms with Gasteiger partial charge in [0.15, 0.2) is 0 Å². The molecule has 116 valence electrons. The molecule has 2 N–H and O–H groups in total. The molecule has 1 aliphatic carbocycles. The van der Waals surface area contributed by atoms with Gasteiger partial charge in [0, 0.05) is 12.1 Å². The van der Waals surface area contributed by atoms with E-state index in [2.05, 4.69) is 10.2 Å². The average Bonchev–Trinajstić information content (AvgIpc) is 2.87. The van der Waals surface area contributed by atoms with Crippen LogP contribution in [0.15, 0.2) is 12.1 Å². The van der Waals surface area contributed by atoms with E-state index in [0.29, 0.717) is 6.54 Å². The maximum Gasteiger partial charge on any atom is 0.335 e. The quantitative estimate of drug-likeness (QED) is 0.877. The van der Waals surface area contributed by atoms with Crippen LogP contribution in [0.25, 0.3) is 0 Å². The van der Waals surface area contributed by atoms with Gasteiger partial charge in [0.05, 0.1) is 5.56 Å². The van der Waals surface area contributed by atoms with Crippen LogP contribution in [-0.2, 0) is 0 Å². The number of nitrogens with zero attached hydrogens (tertiary/aromatic N) is 1. The maximum atomic E-state index is 13.9. The Bertz CT molecular complexity index is 517. The summed E-state index contributed by atoms with van der Waals surface area (Å²) in [5.74, 6) is -3.10. The highest BCUT2D eigenvalue weighted by Gasteiger charge is 2.36. The molecule has 0 heterocycles. The molecule has 0 amide bonds. The molecule has 4 nitrogen and oxygen atoms in total. The Morgan fingerprint density at radius 3 is 2.24 bits per heavy atom. The molecule has 0 spiro atoms. The van der Waals surface area contributed by atoms with Crippen LogP contribution in [0.3, 0.4) is 0 Å². The van der Waals surface area contributed by atoms with Gasteiger partial charge in [-0.1, -0.05) is 12.8 Å². The minimum absolute atomic E-state index is 0.107. The van der Waals surface area contributed by atoms with Crippen molar-refractivity contribution < 1.29 is 18.7 Å². The van der Waals surface area contributed by atoms with Gasteiger partial charge in [-0.05, 0) is 39.1 Å². The first-order chi connectivity index (χ1) is 9.85. The van der Waals surface area contributed by atoms with Crippen LogP contribution in [-0.4, -0.2) is 42.2 Å². The van der Waals surface area contributed by atoms with Crippen LogP contribution in [0.5, 0.6) is 0 Å². The number of carboxylic acids is 1. The standard InChI is InChI=1S/C15H20F2N2O2/c1-19(2)15(5-3-4-6-15)9-18-13-11(16)7-10(14(20)21)8-12(13)17/h7-8,18H,3-6,9H2,1-2H3,(H,20,21). The van der Waals surface area contributed by atoms with E-state index in [1.54, 1.807) is 0 Å². The van der Waals surface area contributed by atoms with Crippen LogP contribution in [0, 0.1) is 11.6 Å². The Kier molecular flexibility index (Phi) is 4.46. The summed E-state index contributed by atoms with van der Waals surface area (Å²) in [5.41, 5.74) is -0.753. The normalized spacial score (nSPS) is 17.2. The number of anilines is 1. The predicted molar refractivity (Wildman–Crippen MR) is 76.7 cm³/mol. The Balaban J connectivity index is 2.18. The van der Waals surface area contributed by atoms with Gasteiger partial charge < -0.3 is 15.3 Å². The lowest BCUT2D eigenvalue weighted by Gasteiger charge is -2.36. The second kappa shape index (κ2) is 5.97. The van der Waals surface area contributed by atoms with Gasteiger partial charge in [-0.15, -0.1) is 0 Å². The van der Waals surface area contributed by atoms with Crippen molar-refractivity contribution in [2.75, 3.05) is 26.0 Å². The summed E-state index contributed by atoms with van der Waals surface area (Å²) in [6.07, 6.45) is 4.15. The van der Waals surface area contributed by atoms with Crippen LogP contribution in [0.1, 0.15) is 36.0 Å². The van der Waals surface area contributed by atoms with E-state index >= 15 is 0 Å². The number of hydrogen-bond donors (Lipinski definition) is 2. The van der Waals surface area contributed by atoms with Crippen LogP contribution >= 0.6 is 0 Å². The number of aromatic carboxylic acids is 1. The molecule has 0 bridgehead atoms. The third-order valence-electron chi connectivity index (χ3n) is 4.37. The van der Waals surface area contributed by atoms with Gasteiger partial charge in [-0.2, -0.15) is 0 Å². The van der Waals surface area contributed by atoms with E-state index in [0.717, 1.165) is 37.8 Å². The summed E-state index contributed by atoms with van der Waals surface area (Å²) in [7, 11) is 3.93. The number of halogens is 2. The zero-order valence-electron chi connectivity index (χ0n) is 12.2. The van der Waals surface area contributed by atoms with E-state index in [1.165, 1.54) is 0 Å². The van der Waals surface area contributed by atoms with Crippen molar-refractivity contribution in [3.05, 3.63) is 29.3 Å². The van der Waals surface area contributed by atoms with E-state index < -0.39 is 23.2 Å². The molecule has 6 heteroatoms. The first-order valence-corrected chi connectivity index (χ1v) is 6.99. The molecule has 0 unspecified atom stereocenters. The third kappa shape index (κ3) is 3.15. The first-order valence-electron chi connectivity index (χ1n) is 6.99. The van der Waals surface area contributed by atoms with E-state index in [1.807, 2.05) is 14.1 Å². The van der Waals surface area contributed by atoms with Crippen LogP contribution in [0.4, 0.5) is 14.5 Å². The Morgan fingerprint density at radius 1 is 1.29 bits per heavy atom. The van der Waals surface area contributed by atoms with Crippen LogP contribution < -0.4 is 5.32 Å². The topological polar surface area (TPSA) is 52.6 Å². The number of benzene rings is 1. The summed E-state index contributed by atoms with van der Waals surface area (Å²) in [6, 6.07) is 1.68. The molecule has 1 aromatic rings. The molecule has 0 saturated heterocycles. The van der Waals surface area contributed by atoms with Crippen molar-refractivity contribution in [3.8, 4) is 0 Å². The minimum atomic E-state index is -1.35. The maximum absolute atomic E-state index is 13.9. The summed E-state index contributed by atoms with van der Waals surface area (Å²) in [4.78, 5) is 12.9. The Morgan fingerprint density at radius 2 is 1.81 bits per heavy atom. The molecule has 0 atom stereocenters. The van der Waals surface area contributed by atoms with Gasteiger partial charge in [0.1, 0.15) is 17.3 Å². The predicted octanol–water partition coefficient (Wildman–Crippen LogP) is 2.95. The minimum Gasteiger partial charge on any atom is -0.478 e. The lowest BCUT2D eigenvalue weighted by molar-refractivity contribution is 0.0696. The second-order valence-corrected chi connectivity index (χ2v) is 5.80. The average molecular weight is 298 g/mol. The summed E-state index contributed by atoms with van der Waals surface area (Å²) >= 11 is 0. The zero-order valence-corrected chi connectivity index (χ0v) is 12.2. The zero-order chi connectivity index (χ0) is 15.6. The molecular weight excluding hydrogens is 278 g/mol. The number of nitrogens with one attached hydrogen (secondary N) is 1. The van der Waals surface area contributed by atoms with Crippen molar-refractivity contribution in [2.45, 2.75) is 31.2 Å². The summed E-state index contributed by atoms with van der Waals surface area (Å²) in [6.45, 7) is 0.431. The molecule has 0 aromatic heterocycles. The highest BCUT2D eigenvalue weighted by Crippen LogP contribution is 2.34. The smallest absolute Gasteiger partial charge is 0.335 e. The van der Waals surface area contributed by atoms with Crippen molar-refractivity contribution in [2.24, 2.45) is 0 Å².